The van der Waals surface area contributed by atoms with Gasteiger partial charge in [0.15, 0.2) is 14.9 Å². The average molecular weight is 262 g/mol. The molecular formula is C8H10N2O4S2. The molecule has 2 saturated heterocycles. The number of thiocarbonyl (C=S) groups is 1. The van der Waals surface area contributed by atoms with Gasteiger partial charge in [0.2, 0.25) is 11.8 Å². The van der Waals surface area contributed by atoms with Crippen LogP contribution in [-0.4, -0.2) is 36.9 Å². The zero-order valence-corrected chi connectivity index (χ0v) is 9.86. The summed E-state index contributed by atoms with van der Waals surface area (Å²) >= 11 is 4.65. The van der Waals surface area contributed by atoms with Crippen molar-refractivity contribution in [2.75, 3.05) is 11.5 Å². The predicted molar refractivity (Wildman–Crippen MR) is 59.1 cm³/mol. The van der Waals surface area contributed by atoms with E-state index >= 15 is 0 Å². The molecule has 0 aromatic heterocycles. The van der Waals surface area contributed by atoms with Crippen LogP contribution in [0, 0.1) is 11.8 Å². The Kier molecular flexibility index (Phi) is 2.70. The van der Waals surface area contributed by atoms with Crippen LogP contribution in [0.15, 0.2) is 0 Å². The van der Waals surface area contributed by atoms with E-state index in [0.717, 1.165) is 0 Å². The molecule has 88 valence electrons. The third-order valence-corrected chi connectivity index (χ3v) is 4.78. The molecule has 16 heavy (non-hydrogen) atoms. The van der Waals surface area contributed by atoms with Crippen LogP contribution in [0.4, 0.5) is 0 Å². The standard InChI is InChI=1S/C8H10N2O4S2/c11-6-5(7(12)10-8(15)9-6)4-1-2-16(13,14)3-4/h4-5H,1-3H2,(H2,9,10,11,12,15). The largest absolute Gasteiger partial charge is 0.302 e. The van der Waals surface area contributed by atoms with Crippen LogP contribution in [0.2, 0.25) is 0 Å². The summed E-state index contributed by atoms with van der Waals surface area (Å²) in [5.41, 5.74) is 0. The molecule has 2 aliphatic rings. The molecule has 2 rings (SSSR count). The Labute approximate surface area is 97.7 Å². The Hall–Kier alpha value is -1.02. The minimum absolute atomic E-state index is 0.0212. The Balaban J connectivity index is 2.18. The van der Waals surface area contributed by atoms with Gasteiger partial charge in [-0.3, -0.25) is 9.59 Å². The quantitative estimate of drug-likeness (QED) is 0.446. The highest BCUT2D eigenvalue weighted by molar-refractivity contribution is 7.91. The van der Waals surface area contributed by atoms with Crippen molar-refractivity contribution < 1.29 is 18.0 Å². The van der Waals surface area contributed by atoms with Gasteiger partial charge in [-0.25, -0.2) is 8.42 Å². The number of nitrogens with one attached hydrogen (secondary N) is 2. The van der Waals surface area contributed by atoms with Crippen molar-refractivity contribution in [3.8, 4) is 0 Å². The molecule has 2 aliphatic heterocycles. The van der Waals surface area contributed by atoms with Crippen LogP contribution in [-0.2, 0) is 19.4 Å². The van der Waals surface area contributed by atoms with E-state index in [1.807, 2.05) is 0 Å². The summed E-state index contributed by atoms with van der Waals surface area (Å²) in [5.74, 6) is -2.45. The van der Waals surface area contributed by atoms with Gasteiger partial charge in [-0.15, -0.1) is 0 Å². The molecular weight excluding hydrogens is 252 g/mol. The lowest BCUT2D eigenvalue weighted by atomic mass is 9.89. The lowest BCUT2D eigenvalue weighted by molar-refractivity contribution is -0.137. The van der Waals surface area contributed by atoms with E-state index in [1.54, 1.807) is 0 Å². The first-order chi connectivity index (χ1) is 7.39. The van der Waals surface area contributed by atoms with E-state index < -0.39 is 33.5 Å². The maximum atomic E-state index is 11.6. The fraction of sp³-hybridized carbons (Fsp3) is 0.625. The second kappa shape index (κ2) is 3.77. The van der Waals surface area contributed by atoms with E-state index in [2.05, 4.69) is 22.9 Å². The smallest absolute Gasteiger partial charge is 0.239 e. The first kappa shape index (κ1) is 11.5. The molecule has 0 aromatic carbocycles. The maximum Gasteiger partial charge on any atom is 0.239 e. The topological polar surface area (TPSA) is 92.3 Å². The first-order valence-corrected chi connectivity index (χ1v) is 6.98. The van der Waals surface area contributed by atoms with E-state index in [0.29, 0.717) is 6.42 Å². The van der Waals surface area contributed by atoms with Crippen LogP contribution in [0.5, 0.6) is 0 Å². The number of amides is 2. The van der Waals surface area contributed by atoms with Gasteiger partial charge in [-0.1, -0.05) is 0 Å². The van der Waals surface area contributed by atoms with Crippen LogP contribution in [0.25, 0.3) is 0 Å². The van der Waals surface area contributed by atoms with E-state index in [1.165, 1.54) is 0 Å². The van der Waals surface area contributed by atoms with Gasteiger partial charge < -0.3 is 10.6 Å². The fourth-order valence-electron chi connectivity index (χ4n) is 2.04. The van der Waals surface area contributed by atoms with Crippen LogP contribution in [0.1, 0.15) is 6.42 Å². The minimum atomic E-state index is -3.10. The molecule has 0 bridgehead atoms. The van der Waals surface area contributed by atoms with Gasteiger partial charge in [0, 0.05) is 0 Å². The van der Waals surface area contributed by atoms with Crippen LogP contribution < -0.4 is 10.6 Å². The Morgan fingerprint density at radius 2 is 1.75 bits per heavy atom. The van der Waals surface area contributed by atoms with E-state index in [9.17, 15) is 18.0 Å². The average Bonchev–Trinajstić information content (AvgIpc) is 2.44. The van der Waals surface area contributed by atoms with E-state index in [4.69, 9.17) is 0 Å². The molecule has 0 aliphatic carbocycles. The summed E-state index contributed by atoms with van der Waals surface area (Å²) in [6.07, 6.45) is 0.348. The number of carbonyl (C=O) groups is 2. The van der Waals surface area contributed by atoms with Crippen molar-refractivity contribution in [3.05, 3.63) is 0 Å². The van der Waals surface area contributed by atoms with Crippen molar-refractivity contribution in [2.45, 2.75) is 6.42 Å². The highest BCUT2D eigenvalue weighted by Crippen LogP contribution is 2.27. The van der Waals surface area contributed by atoms with Crippen molar-refractivity contribution in [1.82, 2.24) is 10.6 Å². The highest BCUT2D eigenvalue weighted by Gasteiger charge is 2.43. The summed E-state index contributed by atoms with van der Waals surface area (Å²) < 4.78 is 22.5. The van der Waals surface area contributed by atoms with E-state index in [-0.39, 0.29) is 16.6 Å². The van der Waals surface area contributed by atoms with Crippen LogP contribution in [0.3, 0.4) is 0 Å². The minimum Gasteiger partial charge on any atom is -0.302 e. The predicted octanol–water partition coefficient (Wildman–Crippen LogP) is -1.43. The molecule has 0 saturated carbocycles. The molecule has 2 fully saturated rings. The summed E-state index contributed by atoms with van der Waals surface area (Å²) in [6.45, 7) is 0. The fourth-order valence-corrected chi connectivity index (χ4v) is 4.09. The van der Waals surface area contributed by atoms with Gasteiger partial charge >= 0.3 is 0 Å². The van der Waals surface area contributed by atoms with Gasteiger partial charge in [0.05, 0.1) is 11.5 Å². The third kappa shape index (κ3) is 2.07. The third-order valence-electron chi connectivity index (χ3n) is 2.78. The van der Waals surface area contributed by atoms with Crippen LogP contribution >= 0.6 is 12.2 Å². The maximum absolute atomic E-state index is 11.6. The number of rotatable bonds is 1. The number of hydrogen-bond acceptors (Lipinski definition) is 5. The molecule has 6 nitrogen and oxygen atoms in total. The molecule has 0 radical (unpaired) electrons. The lowest BCUT2D eigenvalue weighted by Gasteiger charge is -2.25. The van der Waals surface area contributed by atoms with Crippen molar-refractivity contribution in [3.63, 3.8) is 0 Å². The summed E-state index contributed by atoms with van der Waals surface area (Å²) in [6, 6.07) is 0. The van der Waals surface area contributed by atoms with Gasteiger partial charge in [-0.2, -0.15) is 0 Å². The number of sulfone groups is 1. The number of carbonyl (C=O) groups excluding carboxylic acids is 2. The molecule has 1 unspecified atom stereocenters. The van der Waals surface area contributed by atoms with Crippen molar-refractivity contribution in [1.29, 1.82) is 0 Å². The second-order valence-corrected chi connectivity index (χ2v) is 6.59. The molecule has 0 spiro atoms. The molecule has 2 amide bonds. The van der Waals surface area contributed by atoms with Gasteiger partial charge in [-0.05, 0) is 24.6 Å². The SMILES string of the molecule is O=C1NC(=S)NC(=O)C1C1CCS(=O)(=O)C1. The molecule has 1 atom stereocenters. The summed E-state index contributed by atoms with van der Waals surface area (Å²) in [4.78, 5) is 23.1. The molecule has 0 aromatic rings. The normalized spacial score (nSPS) is 30.0. The zero-order valence-electron chi connectivity index (χ0n) is 8.23. The van der Waals surface area contributed by atoms with Crippen molar-refractivity contribution in [2.24, 2.45) is 11.8 Å². The Morgan fingerprint density at radius 3 is 2.19 bits per heavy atom. The zero-order chi connectivity index (χ0) is 11.9. The molecule has 2 heterocycles. The number of hydrogen-bond donors (Lipinski definition) is 2. The highest BCUT2D eigenvalue weighted by atomic mass is 32.2. The summed E-state index contributed by atoms with van der Waals surface area (Å²) in [7, 11) is -3.10. The van der Waals surface area contributed by atoms with Crippen molar-refractivity contribution >= 4 is 39.0 Å². The van der Waals surface area contributed by atoms with Gasteiger partial charge in [0.1, 0.15) is 5.92 Å². The Morgan fingerprint density at radius 1 is 1.19 bits per heavy atom. The second-order valence-electron chi connectivity index (χ2n) is 3.95. The lowest BCUT2D eigenvalue weighted by Crippen LogP contribution is -2.57. The molecule has 2 N–H and O–H groups in total. The first-order valence-electron chi connectivity index (χ1n) is 4.75. The van der Waals surface area contributed by atoms with Gasteiger partial charge in [0.25, 0.3) is 0 Å². The monoisotopic (exact) mass is 262 g/mol. The summed E-state index contributed by atoms with van der Waals surface area (Å²) in [5, 5.41) is 4.64. The molecule has 8 heteroatoms. The Bertz CT molecular complexity index is 450.